The van der Waals surface area contributed by atoms with E-state index in [4.69, 9.17) is 4.52 Å². The van der Waals surface area contributed by atoms with Crippen molar-refractivity contribution < 1.29 is 9.32 Å². The number of aryl methyl sites for hydroxylation is 1. The van der Waals surface area contributed by atoms with E-state index in [2.05, 4.69) is 32.5 Å². The second-order valence-corrected chi connectivity index (χ2v) is 7.54. The van der Waals surface area contributed by atoms with Gasteiger partial charge in [-0.1, -0.05) is 47.8 Å². The Labute approximate surface area is 170 Å². The lowest BCUT2D eigenvalue weighted by atomic mass is 10.1. The standard InChI is InChI=1S/C23H26N4O2/c1-17-7-6-8-18(15-17)16-24-22(28)23-25-21(26-29-23)19-9-11-20(12-10-19)27-13-4-2-3-5-14-27/h6-12,15H,2-5,13-14,16H2,1H3,(H,24,28). The van der Waals surface area contributed by atoms with Gasteiger partial charge in [0.1, 0.15) is 0 Å². The maximum atomic E-state index is 12.3. The van der Waals surface area contributed by atoms with Crippen LogP contribution in [-0.4, -0.2) is 29.1 Å². The average molecular weight is 390 g/mol. The van der Waals surface area contributed by atoms with E-state index in [1.807, 2.05) is 43.3 Å². The van der Waals surface area contributed by atoms with Crippen molar-refractivity contribution in [2.24, 2.45) is 0 Å². The molecule has 0 atom stereocenters. The number of benzene rings is 2. The summed E-state index contributed by atoms with van der Waals surface area (Å²) in [5.41, 5.74) is 4.24. The first-order chi connectivity index (χ1) is 14.2. The van der Waals surface area contributed by atoms with Crippen LogP contribution in [0, 0.1) is 6.92 Å². The van der Waals surface area contributed by atoms with Crippen molar-refractivity contribution in [3.05, 3.63) is 65.5 Å². The summed E-state index contributed by atoms with van der Waals surface area (Å²) >= 11 is 0. The zero-order valence-electron chi connectivity index (χ0n) is 16.7. The fourth-order valence-electron chi connectivity index (χ4n) is 3.66. The highest BCUT2D eigenvalue weighted by molar-refractivity contribution is 5.89. The van der Waals surface area contributed by atoms with Crippen molar-refractivity contribution in [2.45, 2.75) is 39.2 Å². The number of aromatic nitrogens is 2. The van der Waals surface area contributed by atoms with Gasteiger partial charge in [-0.25, -0.2) is 0 Å². The lowest BCUT2D eigenvalue weighted by Crippen LogP contribution is -2.23. The molecule has 150 valence electrons. The van der Waals surface area contributed by atoms with Crippen LogP contribution in [0.25, 0.3) is 11.4 Å². The van der Waals surface area contributed by atoms with Gasteiger partial charge in [0.05, 0.1) is 0 Å². The van der Waals surface area contributed by atoms with E-state index in [1.165, 1.54) is 31.4 Å². The predicted molar refractivity (Wildman–Crippen MR) is 113 cm³/mol. The molecule has 0 bridgehead atoms. The summed E-state index contributed by atoms with van der Waals surface area (Å²) in [6.45, 7) is 4.65. The molecule has 1 amide bonds. The van der Waals surface area contributed by atoms with Crippen LogP contribution < -0.4 is 10.2 Å². The third kappa shape index (κ3) is 4.83. The van der Waals surface area contributed by atoms with Crippen LogP contribution in [0.2, 0.25) is 0 Å². The minimum atomic E-state index is -0.369. The number of hydrogen-bond donors (Lipinski definition) is 1. The van der Waals surface area contributed by atoms with Gasteiger partial charge in [-0.2, -0.15) is 4.98 Å². The highest BCUT2D eigenvalue weighted by Crippen LogP contribution is 2.23. The zero-order valence-corrected chi connectivity index (χ0v) is 16.7. The molecule has 0 aliphatic carbocycles. The Morgan fingerprint density at radius 3 is 2.55 bits per heavy atom. The normalized spacial score (nSPS) is 14.4. The van der Waals surface area contributed by atoms with E-state index >= 15 is 0 Å². The quantitative estimate of drug-likeness (QED) is 0.701. The van der Waals surface area contributed by atoms with Gasteiger partial charge >= 0.3 is 11.8 Å². The molecule has 29 heavy (non-hydrogen) atoms. The van der Waals surface area contributed by atoms with Crippen LogP contribution in [0.1, 0.15) is 47.5 Å². The van der Waals surface area contributed by atoms with Gasteiger partial charge in [-0.3, -0.25) is 4.79 Å². The number of rotatable bonds is 5. The molecule has 0 saturated carbocycles. The van der Waals surface area contributed by atoms with Crippen molar-refractivity contribution >= 4 is 11.6 Å². The van der Waals surface area contributed by atoms with Crippen LogP contribution in [0.4, 0.5) is 5.69 Å². The molecule has 0 spiro atoms. The molecule has 1 fully saturated rings. The lowest BCUT2D eigenvalue weighted by molar-refractivity contribution is 0.0907. The summed E-state index contributed by atoms with van der Waals surface area (Å²) in [4.78, 5) is 19.0. The number of amides is 1. The second kappa shape index (κ2) is 8.90. The molecule has 6 nitrogen and oxygen atoms in total. The molecule has 2 aromatic carbocycles. The summed E-state index contributed by atoms with van der Waals surface area (Å²) in [6, 6.07) is 16.1. The molecule has 1 aromatic heterocycles. The number of nitrogens with one attached hydrogen (secondary N) is 1. The molecule has 3 aromatic rings. The molecule has 1 aliphatic heterocycles. The molecular weight excluding hydrogens is 364 g/mol. The summed E-state index contributed by atoms with van der Waals surface area (Å²) in [7, 11) is 0. The van der Waals surface area contributed by atoms with Crippen molar-refractivity contribution in [1.29, 1.82) is 0 Å². The van der Waals surface area contributed by atoms with Gasteiger partial charge in [0.25, 0.3) is 0 Å². The summed E-state index contributed by atoms with van der Waals surface area (Å²) in [5, 5.41) is 6.80. The topological polar surface area (TPSA) is 71.3 Å². The molecule has 1 aliphatic rings. The van der Waals surface area contributed by atoms with Gasteiger partial charge in [0, 0.05) is 30.9 Å². The number of carbonyl (C=O) groups excluding carboxylic acids is 1. The van der Waals surface area contributed by atoms with Crippen LogP contribution in [-0.2, 0) is 6.54 Å². The Kier molecular flexibility index (Phi) is 5.89. The second-order valence-electron chi connectivity index (χ2n) is 7.54. The number of anilines is 1. The number of hydrogen-bond acceptors (Lipinski definition) is 5. The summed E-state index contributed by atoms with van der Waals surface area (Å²) < 4.78 is 5.17. The first-order valence-electron chi connectivity index (χ1n) is 10.2. The molecule has 0 unspecified atom stereocenters. The monoisotopic (exact) mass is 390 g/mol. The molecule has 1 N–H and O–H groups in total. The van der Waals surface area contributed by atoms with Crippen LogP contribution in [0.5, 0.6) is 0 Å². The smallest absolute Gasteiger partial charge is 0.316 e. The molecule has 1 saturated heterocycles. The lowest BCUT2D eigenvalue weighted by Gasteiger charge is -2.22. The van der Waals surface area contributed by atoms with Gasteiger partial charge in [0.15, 0.2) is 0 Å². The molecule has 2 heterocycles. The van der Waals surface area contributed by atoms with Gasteiger partial charge < -0.3 is 14.7 Å². The Bertz CT molecular complexity index is 957. The van der Waals surface area contributed by atoms with E-state index in [0.29, 0.717) is 12.4 Å². The molecule has 0 radical (unpaired) electrons. The first kappa shape index (κ1) is 19.2. The molecule has 6 heteroatoms. The Morgan fingerprint density at radius 1 is 1.07 bits per heavy atom. The molecule has 4 rings (SSSR count). The van der Waals surface area contributed by atoms with Crippen molar-refractivity contribution in [2.75, 3.05) is 18.0 Å². The SMILES string of the molecule is Cc1cccc(CNC(=O)c2nc(-c3ccc(N4CCCCCC4)cc3)no2)c1. The Hall–Kier alpha value is -3.15. The Morgan fingerprint density at radius 2 is 1.83 bits per heavy atom. The van der Waals surface area contributed by atoms with E-state index in [1.54, 1.807) is 0 Å². The third-order valence-electron chi connectivity index (χ3n) is 5.25. The van der Waals surface area contributed by atoms with Crippen LogP contribution in [0.3, 0.4) is 0 Å². The highest BCUT2D eigenvalue weighted by atomic mass is 16.5. The minimum Gasteiger partial charge on any atom is -0.372 e. The van der Waals surface area contributed by atoms with E-state index < -0.39 is 0 Å². The Balaban J connectivity index is 1.39. The maximum Gasteiger partial charge on any atom is 0.316 e. The van der Waals surface area contributed by atoms with E-state index in [0.717, 1.165) is 29.8 Å². The van der Waals surface area contributed by atoms with Gasteiger partial charge in [0.2, 0.25) is 5.82 Å². The summed E-state index contributed by atoms with van der Waals surface area (Å²) in [5.74, 6) is 0.0313. The van der Waals surface area contributed by atoms with Crippen LogP contribution in [0.15, 0.2) is 53.1 Å². The number of carbonyl (C=O) groups is 1. The third-order valence-corrected chi connectivity index (χ3v) is 5.25. The first-order valence-corrected chi connectivity index (χ1v) is 10.2. The van der Waals surface area contributed by atoms with Gasteiger partial charge in [-0.15, -0.1) is 0 Å². The van der Waals surface area contributed by atoms with Crippen molar-refractivity contribution in [3.8, 4) is 11.4 Å². The fraction of sp³-hybridized carbons (Fsp3) is 0.348. The number of nitrogens with zero attached hydrogens (tertiary/aromatic N) is 3. The minimum absolute atomic E-state index is 0.0238. The summed E-state index contributed by atoms with van der Waals surface area (Å²) in [6.07, 6.45) is 5.11. The largest absolute Gasteiger partial charge is 0.372 e. The van der Waals surface area contributed by atoms with Gasteiger partial charge in [-0.05, 0) is 49.6 Å². The fourth-order valence-corrected chi connectivity index (χ4v) is 3.66. The highest BCUT2D eigenvalue weighted by Gasteiger charge is 2.16. The zero-order chi connectivity index (χ0) is 20.1. The van der Waals surface area contributed by atoms with Crippen molar-refractivity contribution in [3.63, 3.8) is 0 Å². The maximum absolute atomic E-state index is 12.3. The van der Waals surface area contributed by atoms with Crippen LogP contribution >= 0.6 is 0 Å². The predicted octanol–water partition coefficient (Wildman–Crippen LogP) is 4.36. The van der Waals surface area contributed by atoms with E-state index in [-0.39, 0.29) is 11.8 Å². The van der Waals surface area contributed by atoms with Crippen molar-refractivity contribution in [1.82, 2.24) is 15.5 Å². The van der Waals surface area contributed by atoms with E-state index in [9.17, 15) is 4.79 Å². The molecular formula is C23H26N4O2. The average Bonchev–Trinajstić information content (AvgIpc) is 3.08.